The van der Waals surface area contributed by atoms with E-state index in [0.717, 1.165) is 5.39 Å². The highest BCUT2D eigenvalue weighted by molar-refractivity contribution is 6.02. The maximum absolute atomic E-state index is 11.8. The smallest absolute Gasteiger partial charge is 0.344 e. The highest BCUT2D eigenvalue weighted by Crippen LogP contribution is 2.24. The van der Waals surface area contributed by atoms with Gasteiger partial charge in [0.25, 0.3) is 0 Å². The Hall–Kier alpha value is -2.36. The van der Waals surface area contributed by atoms with Gasteiger partial charge in [0.15, 0.2) is 5.58 Å². The summed E-state index contributed by atoms with van der Waals surface area (Å²) in [4.78, 5) is 16.0. The van der Waals surface area contributed by atoms with Crippen LogP contribution in [0.4, 0.5) is 0 Å². The van der Waals surface area contributed by atoms with Crippen LogP contribution in [-0.4, -0.2) is 12.1 Å². The van der Waals surface area contributed by atoms with Gasteiger partial charge < -0.3 is 9.15 Å². The number of pyridine rings is 1. The molecular weight excluding hydrogens is 218 g/mol. The molecule has 0 amide bonds. The van der Waals surface area contributed by atoms with Crippen LogP contribution in [0.25, 0.3) is 21.9 Å². The molecule has 3 aromatic rings. The Kier molecular flexibility index (Phi) is 2.08. The van der Waals surface area contributed by atoms with Crippen molar-refractivity contribution in [2.24, 2.45) is 0 Å². The van der Waals surface area contributed by atoms with Crippen LogP contribution in [0.2, 0.25) is 0 Å². The summed E-state index contributed by atoms with van der Waals surface area (Å²) in [6.07, 6.45) is 1.67. The standard InChI is InChI=1S/C13H9NO3/c1-16-8-4-5-9-10(7-8)12-11(17-13(9)15)3-2-6-14-12/h2-7H,1H3. The zero-order chi connectivity index (χ0) is 11.8. The van der Waals surface area contributed by atoms with E-state index in [4.69, 9.17) is 9.15 Å². The molecule has 1 aromatic carbocycles. The molecule has 84 valence electrons. The Balaban J connectivity index is 2.57. The molecule has 2 heterocycles. The van der Waals surface area contributed by atoms with Crippen molar-refractivity contribution in [2.75, 3.05) is 7.11 Å². The van der Waals surface area contributed by atoms with Crippen molar-refractivity contribution in [1.82, 2.24) is 4.98 Å². The quantitative estimate of drug-likeness (QED) is 0.599. The largest absolute Gasteiger partial charge is 0.497 e. The summed E-state index contributed by atoms with van der Waals surface area (Å²) in [5, 5.41) is 1.26. The number of ether oxygens (including phenoxy) is 1. The van der Waals surface area contributed by atoms with Crippen LogP contribution < -0.4 is 10.4 Å². The van der Waals surface area contributed by atoms with E-state index in [1.54, 1.807) is 43.6 Å². The van der Waals surface area contributed by atoms with Crippen LogP contribution in [0, 0.1) is 0 Å². The van der Waals surface area contributed by atoms with E-state index >= 15 is 0 Å². The summed E-state index contributed by atoms with van der Waals surface area (Å²) < 4.78 is 10.3. The predicted molar refractivity (Wildman–Crippen MR) is 64.3 cm³/mol. The summed E-state index contributed by atoms with van der Waals surface area (Å²) in [5.74, 6) is 0.690. The van der Waals surface area contributed by atoms with Gasteiger partial charge in [0.1, 0.15) is 11.3 Å². The summed E-state index contributed by atoms with van der Waals surface area (Å²) in [6, 6.07) is 8.67. The van der Waals surface area contributed by atoms with Gasteiger partial charge in [-0.15, -0.1) is 0 Å². The first-order valence-electron chi connectivity index (χ1n) is 5.15. The Morgan fingerprint density at radius 1 is 1.24 bits per heavy atom. The second-order valence-corrected chi connectivity index (χ2v) is 3.65. The minimum absolute atomic E-state index is 0.358. The number of benzene rings is 1. The number of rotatable bonds is 1. The van der Waals surface area contributed by atoms with Gasteiger partial charge in [0.05, 0.1) is 12.5 Å². The lowest BCUT2D eigenvalue weighted by atomic mass is 10.1. The van der Waals surface area contributed by atoms with Crippen molar-refractivity contribution >= 4 is 21.9 Å². The van der Waals surface area contributed by atoms with Gasteiger partial charge in [0.2, 0.25) is 0 Å². The molecule has 0 bridgehead atoms. The van der Waals surface area contributed by atoms with Crippen LogP contribution in [0.3, 0.4) is 0 Å². The van der Waals surface area contributed by atoms with Crippen molar-refractivity contribution in [3.05, 3.63) is 46.9 Å². The third-order valence-electron chi connectivity index (χ3n) is 2.68. The molecule has 0 saturated heterocycles. The van der Waals surface area contributed by atoms with E-state index in [-0.39, 0.29) is 5.63 Å². The molecule has 0 aliphatic heterocycles. The van der Waals surface area contributed by atoms with Crippen LogP contribution in [-0.2, 0) is 0 Å². The zero-order valence-electron chi connectivity index (χ0n) is 9.14. The van der Waals surface area contributed by atoms with Crippen molar-refractivity contribution in [3.63, 3.8) is 0 Å². The van der Waals surface area contributed by atoms with Gasteiger partial charge >= 0.3 is 5.63 Å². The van der Waals surface area contributed by atoms with Crippen molar-refractivity contribution in [1.29, 1.82) is 0 Å². The van der Waals surface area contributed by atoms with E-state index in [2.05, 4.69) is 4.98 Å². The van der Waals surface area contributed by atoms with Crippen molar-refractivity contribution in [2.45, 2.75) is 0 Å². The van der Waals surface area contributed by atoms with Gasteiger partial charge in [-0.3, -0.25) is 4.98 Å². The maximum Gasteiger partial charge on any atom is 0.344 e. The highest BCUT2D eigenvalue weighted by Gasteiger charge is 2.08. The lowest BCUT2D eigenvalue weighted by molar-refractivity contribution is 0.415. The fourth-order valence-electron chi connectivity index (χ4n) is 1.85. The molecule has 4 heteroatoms. The number of nitrogens with zero attached hydrogens (tertiary/aromatic N) is 1. The molecule has 17 heavy (non-hydrogen) atoms. The minimum atomic E-state index is -0.358. The summed E-state index contributed by atoms with van der Waals surface area (Å²) in [7, 11) is 1.59. The maximum atomic E-state index is 11.8. The molecular formula is C13H9NO3. The topological polar surface area (TPSA) is 52.3 Å². The van der Waals surface area contributed by atoms with Crippen LogP contribution >= 0.6 is 0 Å². The lowest BCUT2D eigenvalue weighted by Gasteiger charge is -2.03. The highest BCUT2D eigenvalue weighted by atomic mass is 16.5. The zero-order valence-corrected chi connectivity index (χ0v) is 9.14. The monoisotopic (exact) mass is 227 g/mol. The molecule has 0 saturated carbocycles. The third kappa shape index (κ3) is 1.45. The molecule has 0 N–H and O–H groups in total. The molecule has 2 aromatic heterocycles. The van der Waals surface area contributed by atoms with Crippen LogP contribution in [0.15, 0.2) is 45.7 Å². The number of aromatic nitrogens is 1. The first kappa shape index (κ1) is 9.84. The van der Waals surface area contributed by atoms with E-state index in [1.807, 2.05) is 0 Å². The average Bonchev–Trinajstić information content (AvgIpc) is 2.38. The molecule has 0 unspecified atom stereocenters. The fourth-order valence-corrected chi connectivity index (χ4v) is 1.85. The normalized spacial score (nSPS) is 10.9. The molecule has 0 spiro atoms. The molecule has 0 radical (unpaired) electrons. The Labute approximate surface area is 96.5 Å². The fraction of sp³-hybridized carbons (Fsp3) is 0.0769. The number of fused-ring (bicyclic) bond motifs is 3. The van der Waals surface area contributed by atoms with Gasteiger partial charge in [-0.2, -0.15) is 0 Å². The van der Waals surface area contributed by atoms with Gasteiger partial charge in [-0.1, -0.05) is 0 Å². The van der Waals surface area contributed by atoms with Gasteiger partial charge in [0, 0.05) is 11.6 Å². The SMILES string of the molecule is COc1ccc2c(=O)oc3cccnc3c2c1. The number of methoxy groups -OCH3 is 1. The summed E-state index contributed by atoms with van der Waals surface area (Å²) in [6.45, 7) is 0. The third-order valence-corrected chi connectivity index (χ3v) is 2.68. The molecule has 0 atom stereocenters. The first-order chi connectivity index (χ1) is 8.29. The molecule has 0 aliphatic rings. The second-order valence-electron chi connectivity index (χ2n) is 3.65. The minimum Gasteiger partial charge on any atom is -0.497 e. The lowest BCUT2D eigenvalue weighted by Crippen LogP contribution is -2.00. The molecule has 3 rings (SSSR count). The Morgan fingerprint density at radius 3 is 2.94 bits per heavy atom. The first-order valence-corrected chi connectivity index (χ1v) is 5.15. The number of hydrogen-bond donors (Lipinski definition) is 0. The second kappa shape index (κ2) is 3.59. The number of hydrogen-bond acceptors (Lipinski definition) is 4. The molecule has 0 fully saturated rings. The van der Waals surface area contributed by atoms with Gasteiger partial charge in [-0.25, -0.2) is 4.79 Å². The average molecular weight is 227 g/mol. The Bertz CT molecular complexity index is 761. The Morgan fingerprint density at radius 2 is 2.12 bits per heavy atom. The summed E-state index contributed by atoms with van der Waals surface area (Å²) >= 11 is 0. The molecule has 4 nitrogen and oxygen atoms in total. The van der Waals surface area contributed by atoms with Crippen LogP contribution in [0.1, 0.15) is 0 Å². The summed E-state index contributed by atoms with van der Waals surface area (Å²) in [5.41, 5.74) is 0.794. The van der Waals surface area contributed by atoms with E-state index in [0.29, 0.717) is 22.2 Å². The van der Waals surface area contributed by atoms with Crippen molar-refractivity contribution < 1.29 is 9.15 Å². The van der Waals surface area contributed by atoms with Crippen molar-refractivity contribution in [3.8, 4) is 5.75 Å². The van der Waals surface area contributed by atoms with E-state index in [9.17, 15) is 4.79 Å². The van der Waals surface area contributed by atoms with E-state index in [1.165, 1.54) is 0 Å². The van der Waals surface area contributed by atoms with Gasteiger partial charge in [-0.05, 0) is 30.3 Å². The van der Waals surface area contributed by atoms with Crippen LogP contribution in [0.5, 0.6) is 5.75 Å². The predicted octanol–water partition coefficient (Wildman–Crippen LogP) is 2.35. The van der Waals surface area contributed by atoms with E-state index < -0.39 is 0 Å². The molecule has 0 aliphatic carbocycles.